The van der Waals surface area contributed by atoms with Gasteiger partial charge in [-0.2, -0.15) is 0 Å². The van der Waals surface area contributed by atoms with Crippen molar-refractivity contribution < 1.29 is 0 Å². The Morgan fingerprint density at radius 2 is 0.833 bits per heavy atom. The third-order valence-electron chi connectivity index (χ3n) is 11.8. The number of fused-ring (bicyclic) bond motifs is 4. The van der Waals surface area contributed by atoms with Crippen molar-refractivity contribution in [3.8, 4) is 44.5 Å². The van der Waals surface area contributed by atoms with Crippen LogP contribution in [0.2, 0.25) is 0 Å². The Hall–Kier alpha value is -7.14. The lowest BCUT2D eigenvalue weighted by molar-refractivity contribution is 0.386. The molecule has 0 amide bonds. The molecule has 0 aromatic heterocycles. The monoisotopic (exact) mass is 771 g/mol. The molecular formula is C57H45N3. The Labute approximate surface area is 351 Å². The topological polar surface area (TPSA) is 50.1 Å². The summed E-state index contributed by atoms with van der Waals surface area (Å²) in [7, 11) is 0. The number of rotatable bonds is 11. The van der Waals surface area contributed by atoms with Crippen molar-refractivity contribution in [1.82, 2.24) is 10.6 Å². The van der Waals surface area contributed by atoms with E-state index >= 15 is 0 Å². The van der Waals surface area contributed by atoms with Crippen LogP contribution >= 0.6 is 0 Å². The third kappa shape index (κ3) is 7.61. The van der Waals surface area contributed by atoms with Crippen molar-refractivity contribution >= 4 is 32.3 Å². The molecule has 10 aromatic carbocycles. The van der Waals surface area contributed by atoms with Crippen LogP contribution < -0.4 is 16.4 Å². The molecule has 4 N–H and O–H groups in total. The first-order valence-electron chi connectivity index (χ1n) is 20.7. The number of nitrogens with one attached hydrogen (secondary N) is 2. The fourth-order valence-electron chi connectivity index (χ4n) is 8.56. The quantitative estimate of drug-likeness (QED) is 0.0697. The molecule has 0 spiro atoms. The van der Waals surface area contributed by atoms with Gasteiger partial charge in [0.25, 0.3) is 0 Å². The van der Waals surface area contributed by atoms with Crippen LogP contribution in [0.3, 0.4) is 0 Å². The highest BCUT2D eigenvalue weighted by Crippen LogP contribution is 2.40. The Bertz CT molecular complexity index is 3030. The van der Waals surface area contributed by atoms with E-state index in [1.54, 1.807) is 0 Å². The van der Waals surface area contributed by atoms with Gasteiger partial charge in [0.15, 0.2) is 0 Å². The molecule has 2 unspecified atom stereocenters. The molecule has 10 aromatic rings. The van der Waals surface area contributed by atoms with Gasteiger partial charge in [0.1, 0.15) is 0 Å². The number of benzene rings is 10. The lowest BCUT2D eigenvalue weighted by Crippen LogP contribution is -2.39. The first-order valence-corrected chi connectivity index (χ1v) is 20.7. The fraction of sp³-hybridized carbons (Fsp3) is 0.0526. The molecule has 0 aliphatic carbocycles. The van der Waals surface area contributed by atoms with Gasteiger partial charge in [-0.1, -0.05) is 218 Å². The minimum absolute atomic E-state index is 0.167. The number of hydrogen-bond acceptors (Lipinski definition) is 3. The molecule has 288 valence electrons. The van der Waals surface area contributed by atoms with Crippen LogP contribution in [-0.2, 0) is 6.54 Å². The molecule has 0 aliphatic rings. The van der Waals surface area contributed by atoms with Gasteiger partial charge < -0.3 is 5.73 Å². The second-order valence-corrected chi connectivity index (χ2v) is 15.6. The third-order valence-corrected chi connectivity index (χ3v) is 11.8. The first kappa shape index (κ1) is 37.2. The molecule has 60 heavy (non-hydrogen) atoms. The van der Waals surface area contributed by atoms with Crippen LogP contribution in [0.25, 0.3) is 76.8 Å². The summed E-state index contributed by atoms with van der Waals surface area (Å²) in [6.45, 7) is 0.689. The Balaban J connectivity index is 0.879. The average Bonchev–Trinajstić information content (AvgIpc) is 3.33. The van der Waals surface area contributed by atoms with Gasteiger partial charge in [-0.05, 0) is 99.6 Å². The van der Waals surface area contributed by atoms with E-state index in [1.807, 2.05) is 24.3 Å². The molecule has 0 heterocycles. The predicted octanol–water partition coefficient (Wildman–Crippen LogP) is 13.8. The highest BCUT2D eigenvalue weighted by Gasteiger charge is 2.17. The van der Waals surface area contributed by atoms with Gasteiger partial charge in [0.05, 0.1) is 12.3 Å². The minimum Gasteiger partial charge on any atom is -0.312 e. The van der Waals surface area contributed by atoms with Crippen LogP contribution in [0.1, 0.15) is 29.0 Å². The van der Waals surface area contributed by atoms with Crippen LogP contribution in [0, 0.1) is 0 Å². The second kappa shape index (κ2) is 16.6. The van der Waals surface area contributed by atoms with Crippen LogP contribution in [0.15, 0.2) is 224 Å². The van der Waals surface area contributed by atoms with Gasteiger partial charge in [0.2, 0.25) is 0 Å². The van der Waals surface area contributed by atoms with E-state index in [4.69, 9.17) is 5.73 Å². The van der Waals surface area contributed by atoms with Crippen LogP contribution in [-0.4, -0.2) is 0 Å². The SMILES string of the molecule is NC(NC(NCc1ccc(-c2ccccc2)cc1)c1ccc(-c2ccc(-c3ccc(-c4c5ccccc5cc5c4ccc4ccccc45)cc3)cc2)cc1)c1ccccc1. The average molecular weight is 772 g/mol. The van der Waals surface area contributed by atoms with Crippen molar-refractivity contribution in [2.45, 2.75) is 18.9 Å². The fourth-order valence-corrected chi connectivity index (χ4v) is 8.56. The zero-order valence-corrected chi connectivity index (χ0v) is 33.3. The Morgan fingerprint density at radius 1 is 0.350 bits per heavy atom. The maximum Gasteiger partial charge on any atom is 0.0852 e. The van der Waals surface area contributed by atoms with Gasteiger partial charge in [-0.25, -0.2) is 0 Å². The summed E-state index contributed by atoms with van der Waals surface area (Å²) >= 11 is 0. The number of hydrogen-bond donors (Lipinski definition) is 3. The summed E-state index contributed by atoms with van der Waals surface area (Å²) in [5.74, 6) is 0. The van der Waals surface area contributed by atoms with Crippen molar-refractivity contribution in [2.75, 3.05) is 0 Å². The summed E-state index contributed by atoms with van der Waals surface area (Å²) < 4.78 is 0. The molecule has 0 radical (unpaired) electrons. The zero-order chi connectivity index (χ0) is 40.3. The van der Waals surface area contributed by atoms with E-state index in [9.17, 15) is 0 Å². The minimum atomic E-state index is -0.336. The van der Waals surface area contributed by atoms with Crippen LogP contribution in [0.4, 0.5) is 0 Å². The summed E-state index contributed by atoms with van der Waals surface area (Å²) in [6, 6.07) is 80.5. The highest BCUT2D eigenvalue weighted by atomic mass is 15.2. The number of nitrogens with two attached hydrogens (primary N) is 1. The normalized spacial score (nSPS) is 12.5. The van der Waals surface area contributed by atoms with Gasteiger partial charge in [-0.3, -0.25) is 10.6 Å². The van der Waals surface area contributed by atoms with Crippen LogP contribution in [0.5, 0.6) is 0 Å². The maximum absolute atomic E-state index is 6.72. The molecule has 2 atom stereocenters. The van der Waals surface area contributed by atoms with E-state index in [0.717, 1.165) is 11.1 Å². The lowest BCUT2D eigenvalue weighted by Gasteiger charge is -2.25. The molecule has 0 saturated heterocycles. The standard InChI is InChI=1S/C57H45N3/c58-56(48-14-5-2-6-15-48)60-57(59-38-39-19-21-41(22-20-39)40-11-3-1-4-12-40)49-33-29-45(30-34-49)43-25-23-42(24-26-43)44-27-31-47(32-28-44)55-52-18-10-8-16-50(52)37-54-51-17-9-7-13-46(51)35-36-53(54)55/h1-37,56-57,59-60H,38,58H2. The molecule has 0 bridgehead atoms. The highest BCUT2D eigenvalue weighted by molar-refractivity contribution is 6.20. The molecule has 0 saturated carbocycles. The molecule has 0 fully saturated rings. The van der Waals surface area contributed by atoms with E-state index < -0.39 is 0 Å². The maximum atomic E-state index is 6.72. The first-order chi connectivity index (χ1) is 29.6. The Morgan fingerprint density at radius 3 is 1.47 bits per heavy atom. The van der Waals surface area contributed by atoms with E-state index in [-0.39, 0.29) is 12.3 Å². The smallest absolute Gasteiger partial charge is 0.0852 e. The molecule has 3 nitrogen and oxygen atoms in total. The summed E-state index contributed by atoms with van der Waals surface area (Å²) in [6.07, 6.45) is -0.503. The van der Waals surface area contributed by atoms with Crippen molar-refractivity contribution in [2.24, 2.45) is 5.73 Å². The zero-order valence-electron chi connectivity index (χ0n) is 33.3. The van der Waals surface area contributed by atoms with E-state index in [0.29, 0.717) is 6.54 Å². The molecule has 10 rings (SSSR count). The Kier molecular flexibility index (Phi) is 10.3. The van der Waals surface area contributed by atoms with Crippen molar-refractivity contribution in [1.29, 1.82) is 0 Å². The van der Waals surface area contributed by atoms with Crippen molar-refractivity contribution in [3.05, 3.63) is 241 Å². The van der Waals surface area contributed by atoms with E-state index in [1.165, 1.54) is 82.4 Å². The largest absolute Gasteiger partial charge is 0.312 e. The molecule has 0 aliphatic heterocycles. The summed E-state index contributed by atoms with van der Waals surface area (Å²) in [5.41, 5.74) is 19.7. The predicted molar refractivity (Wildman–Crippen MR) is 253 cm³/mol. The van der Waals surface area contributed by atoms with Gasteiger partial charge in [0, 0.05) is 6.54 Å². The molecular weight excluding hydrogens is 727 g/mol. The van der Waals surface area contributed by atoms with Gasteiger partial charge in [-0.15, -0.1) is 0 Å². The second-order valence-electron chi connectivity index (χ2n) is 15.6. The molecule has 3 heteroatoms. The van der Waals surface area contributed by atoms with Crippen molar-refractivity contribution in [3.63, 3.8) is 0 Å². The summed E-state index contributed by atoms with van der Waals surface area (Å²) in [4.78, 5) is 0. The van der Waals surface area contributed by atoms with E-state index in [2.05, 4.69) is 211 Å². The van der Waals surface area contributed by atoms with Gasteiger partial charge >= 0.3 is 0 Å². The lowest BCUT2D eigenvalue weighted by atomic mass is 9.89. The summed E-state index contributed by atoms with van der Waals surface area (Å²) in [5, 5.41) is 15.0.